The van der Waals surface area contributed by atoms with Gasteiger partial charge in [-0.05, 0) is 40.2 Å². The molecule has 4 nitrogen and oxygen atoms in total. The predicted molar refractivity (Wildman–Crippen MR) is 68.9 cm³/mol. The van der Waals surface area contributed by atoms with Gasteiger partial charge in [-0.15, -0.1) is 0 Å². The second kappa shape index (κ2) is 5.05. The summed E-state index contributed by atoms with van der Waals surface area (Å²) in [6, 6.07) is 7.11. The highest BCUT2D eigenvalue weighted by Crippen LogP contribution is 2.18. The van der Waals surface area contributed by atoms with E-state index in [1.807, 2.05) is 0 Å². The largest absolute Gasteiger partial charge is 0.310 e. The van der Waals surface area contributed by atoms with Gasteiger partial charge in [0.25, 0.3) is 5.91 Å². The van der Waals surface area contributed by atoms with Gasteiger partial charge in [-0.2, -0.15) is 0 Å². The van der Waals surface area contributed by atoms with Gasteiger partial charge in [-0.25, -0.2) is 4.98 Å². The Labute approximate surface area is 107 Å². The summed E-state index contributed by atoms with van der Waals surface area (Å²) in [6.07, 6.45) is 4.89. The summed E-state index contributed by atoms with van der Waals surface area (Å²) < 4.78 is 0.686. The van der Waals surface area contributed by atoms with Crippen molar-refractivity contribution in [1.82, 2.24) is 9.97 Å². The molecule has 0 N–H and O–H groups in total. The summed E-state index contributed by atoms with van der Waals surface area (Å²) in [5.41, 5.74) is 1.18. The quantitative estimate of drug-likeness (QED) is 0.854. The molecule has 0 aliphatic carbocycles. The van der Waals surface area contributed by atoms with E-state index >= 15 is 0 Å². The van der Waals surface area contributed by atoms with Crippen LogP contribution in [0.15, 0.2) is 47.3 Å². The Morgan fingerprint density at radius 3 is 2.59 bits per heavy atom. The van der Waals surface area contributed by atoms with Gasteiger partial charge in [-0.1, -0.05) is 0 Å². The van der Waals surface area contributed by atoms with Gasteiger partial charge in [0.05, 0.1) is 0 Å². The lowest BCUT2D eigenvalue weighted by atomic mass is 10.3. The topological polar surface area (TPSA) is 46.1 Å². The number of aromatic nitrogens is 2. The molecule has 0 radical (unpaired) electrons. The van der Waals surface area contributed by atoms with Gasteiger partial charge in [0.1, 0.15) is 5.69 Å². The minimum absolute atomic E-state index is 0.163. The van der Waals surface area contributed by atoms with Gasteiger partial charge >= 0.3 is 0 Å². The van der Waals surface area contributed by atoms with Crippen LogP contribution in [0.4, 0.5) is 5.69 Å². The molecule has 1 amide bonds. The van der Waals surface area contributed by atoms with Gasteiger partial charge in [-0.3, -0.25) is 9.78 Å². The second-order valence-corrected chi connectivity index (χ2v) is 4.26. The molecule has 0 bridgehead atoms. The van der Waals surface area contributed by atoms with E-state index in [1.54, 1.807) is 49.9 Å². The Morgan fingerprint density at radius 2 is 1.94 bits per heavy atom. The van der Waals surface area contributed by atoms with Crippen molar-refractivity contribution in [3.05, 3.63) is 53.0 Å². The van der Waals surface area contributed by atoms with Gasteiger partial charge in [0, 0.05) is 35.8 Å². The zero-order valence-electron chi connectivity index (χ0n) is 9.17. The number of amides is 1. The first kappa shape index (κ1) is 11.7. The number of anilines is 1. The first-order chi connectivity index (χ1) is 8.20. The SMILES string of the molecule is CN(C(=O)c1ncccc1Br)c1ccncc1. The highest BCUT2D eigenvalue weighted by atomic mass is 79.9. The number of hydrogen-bond donors (Lipinski definition) is 0. The zero-order valence-corrected chi connectivity index (χ0v) is 10.8. The van der Waals surface area contributed by atoms with Crippen molar-refractivity contribution in [3.8, 4) is 0 Å². The van der Waals surface area contributed by atoms with E-state index in [-0.39, 0.29) is 5.91 Å². The number of nitrogens with zero attached hydrogens (tertiary/aromatic N) is 3. The lowest BCUT2D eigenvalue weighted by Gasteiger charge is -2.16. The Kier molecular flexibility index (Phi) is 3.49. The molecule has 2 aromatic rings. The molecule has 86 valence electrons. The molecule has 0 saturated heterocycles. The smallest absolute Gasteiger partial charge is 0.277 e. The fourth-order valence-corrected chi connectivity index (χ4v) is 1.81. The predicted octanol–water partition coefficient (Wildman–Crippen LogP) is 2.52. The molecule has 0 aliphatic heterocycles. The van der Waals surface area contributed by atoms with Crippen molar-refractivity contribution >= 4 is 27.5 Å². The van der Waals surface area contributed by atoms with Crippen LogP contribution < -0.4 is 4.90 Å². The normalized spacial score (nSPS) is 10.0. The number of carbonyl (C=O) groups is 1. The number of hydrogen-bond acceptors (Lipinski definition) is 3. The minimum atomic E-state index is -0.163. The van der Waals surface area contributed by atoms with Crippen LogP contribution in [0.3, 0.4) is 0 Å². The van der Waals surface area contributed by atoms with Crippen LogP contribution in [0.25, 0.3) is 0 Å². The van der Waals surface area contributed by atoms with Crippen molar-refractivity contribution < 1.29 is 4.79 Å². The summed E-state index contributed by atoms with van der Waals surface area (Å²) in [5.74, 6) is -0.163. The Hall–Kier alpha value is -1.75. The number of rotatable bonds is 2. The summed E-state index contributed by atoms with van der Waals surface area (Å²) in [7, 11) is 1.71. The van der Waals surface area contributed by atoms with Gasteiger partial charge < -0.3 is 4.90 Å². The third-order valence-electron chi connectivity index (χ3n) is 2.32. The molecule has 0 spiro atoms. The maximum Gasteiger partial charge on any atom is 0.277 e. The summed E-state index contributed by atoms with van der Waals surface area (Å²) >= 11 is 3.32. The van der Waals surface area contributed by atoms with Crippen LogP contribution in [-0.2, 0) is 0 Å². The average Bonchev–Trinajstić information content (AvgIpc) is 2.39. The van der Waals surface area contributed by atoms with Crippen LogP contribution >= 0.6 is 15.9 Å². The summed E-state index contributed by atoms with van der Waals surface area (Å²) in [5, 5.41) is 0. The molecule has 0 aliphatic rings. The first-order valence-electron chi connectivity index (χ1n) is 4.99. The minimum Gasteiger partial charge on any atom is -0.310 e. The van der Waals surface area contributed by atoms with E-state index in [2.05, 4.69) is 25.9 Å². The first-order valence-corrected chi connectivity index (χ1v) is 5.78. The molecular weight excluding hydrogens is 282 g/mol. The van der Waals surface area contributed by atoms with Crippen LogP contribution in [0.2, 0.25) is 0 Å². The summed E-state index contributed by atoms with van der Waals surface area (Å²) in [4.78, 5) is 21.7. The van der Waals surface area contributed by atoms with Crippen molar-refractivity contribution in [3.63, 3.8) is 0 Å². The molecular formula is C12H10BrN3O. The number of pyridine rings is 2. The van der Waals surface area contributed by atoms with Crippen LogP contribution in [0.1, 0.15) is 10.5 Å². The standard InChI is InChI=1S/C12H10BrN3O/c1-16(9-4-7-14-8-5-9)12(17)11-10(13)3-2-6-15-11/h2-8H,1H3. The number of carbonyl (C=O) groups excluding carboxylic acids is 1. The van der Waals surface area contributed by atoms with Crippen LogP contribution in [0, 0.1) is 0 Å². The molecule has 0 aromatic carbocycles. The van der Waals surface area contributed by atoms with Crippen molar-refractivity contribution in [2.75, 3.05) is 11.9 Å². The Bertz CT molecular complexity index is 530. The Balaban J connectivity index is 2.30. The summed E-state index contributed by atoms with van der Waals surface area (Å²) in [6.45, 7) is 0. The fourth-order valence-electron chi connectivity index (χ4n) is 1.39. The van der Waals surface area contributed by atoms with Crippen molar-refractivity contribution in [2.24, 2.45) is 0 Å². The molecule has 0 fully saturated rings. The monoisotopic (exact) mass is 291 g/mol. The molecule has 2 aromatic heterocycles. The van der Waals surface area contributed by atoms with Gasteiger partial charge in [0.15, 0.2) is 0 Å². The maximum atomic E-state index is 12.2. The number of halogens is 1. The van der Waals surface area contributed by atoms with E-state index in [0.717, 1.165) is 5.69 Å². The van der Waals surface area contributed by atoms with Crippen LogP contribution in [-0.4, -0.2) is 22.9 Å². The average molecular weight is 292 g/mol. The molecule has 2 heterocycles. The van der Waals surface area contributed by atoms with Gasteiger partial charge in [0.2, 0.25) is 0 Å². The van der Waals surface area contributed by atoms with E-state index in [4.69, 9.17) is 0 Å². The highest BCUT2D eigenvalue weighted by Gasteiger charge is 2.16. The third-order valence-corrected chi connectivity index (χ3v) is 2.96. The van der Waals surface area contributed by atoms with E-state index < -0.39 is 0 Å². The Morgan fingerprint density at radius 1 is 1.24 bits per heavy atom. The van der Waals surface area contributed by atoms with E-state index in [9.17, 15) is 4.79 Å². The molecule has 17 heavy (non-hydrogen) atoms. The molecule has 0 unspecified atom stereocenters. The maximum absolute atomic E-state index is 12.2. The molecule has 0 atom stereocenters. The zero-order chi connectivity index (χ0) is 12.3. The van der Waals surface area contributed by atoms with E-state index in [1.165, 1.54) is 4.90 Å². The van der Waals surface area contributed by atoms with Crippen molar-refractivity contribution in [2.45, 2.75) is 0 Å². The molecule has 5 heteroatoms. The highest BCUT2D eigenvalue weighted by molar-refractivity contribution is 9.10. The third kappa shape index (κ3) is 2.50. The fraction of sp³-hybridized carbons (Fsp3) is 0.0833. The molecule has 2 rings (SSSR count). The molecule has 0 saturated carbocycles. The second-order valence-electron chi connectivity index (χ2n) is 3.40. The lowest BCUT2D eigenvalue weighted by molar-refractivity contribution is 0.0987. The van der Waals surface area contributed by atoms with Crippen LogP contribution in [0.5, 0.6) is 0 Å². The van der Waals surface area contributed by atoms with Crippen molar-refractivity contribution in [1.29, 1.82) is 0 Å². The lowest BCUT2D eigenvalue weighted by Crippen LogP contribution is -2.27. The van der Waals surface area contributed by atoms with E-state index in [0.29, 0.717) is 10.2 Å².